The fourth-order valence-electron chi connectivity index (χ4n) is 2.40. The number of hydrogen-bond donors (Lipinski definition) is 1. The zero-order valence-electron chi connectivity index (χ0n) is 10.0. The summed E-state index contributed by atoms with van der Waals surface area (Å²) >= 11 is 5.78. The number of aliphatic hydroxyl groups is 1. The van der Waals surface area contributed by atoms with E-state index in [0.717, 1.165) is 12.0 Å². The molecule has 0 saturated carbocycles. The highest BCUT2D eigenvalue weighted by Crippen LogP contribution is 2.24. The molecule has 0 aromatic heterocycles. The third-order valence-corrected chi connectivity index (χ3v) is 6.00. The van der Waals surface area contributed by atoms with E-state index >= 15 is 0 Å². The van der Waals surface area contributed by atoms with Gasteiger partial charge in [-0.15, -0.1) is 0 Å². The predicted octanol–water partition coefficient (Wildman–Crippen LogP) is 2.21. The number of benzene rings is 1. The molecule has 2 rings (SSSR count). The Labute approximate surface area is 113 Å². The van der Waals surface area contributed by atoms with Crippen LogP contribution in [0.3, 0.4) is 0 Å². The van der Waals surface area contributed by atoms with Gasteiger partial charge in [-0.3, -0.25) is 0 Å². The monoisotopic (exact) mass is 288 g/mol. The smallest absolute Gasteiger partial charge is 0.155 e. The standard InChI is InChI=1S/C13H17ClO3S/c14-11-6-4-10(5-7-11)9-12(15)13-3-1-2-8-18(13,16)17/h4-7,12-13,15H,1-3,8-9H2. The van der Waals surface area contributed by atoms with Crippen molar-refractivity contribution in [2.24, 2.45) is 0 Å². The first kappa shape index (κ1) is 13.8. The van der Waals surface area contributed by atoms with Gasteiger partial charge in [-0.2, -0.15) is 0 Å². The maximum absolute atomic E-state index is 11.9. The van der Waals surface area contributed by atoms with Crippen LogP contribution in [0.2, 0.25) is 5.02 Å². The van der Waals surface area contributed by atoms with E-state index in [9.17, 15) is 13.5 Å². The summed E-state index contributed by atoms with van der Waals surface area (Å²) in [6.45, 7) is 0. The second kappa shape index (κ2) is 5.59. The second-order valence-electron chi connectivity index (χ2n) is 4.80. The van der Waals surface area contributed by atoms with Gasteiger partial charge in [0.2, 0.25) is 0 Å². The normalized spacial score (nSPS) is 24.7. The summed E-state index contributed by atoms with van der Waals surface area (Å²) in [5.41, 5.74) is 0.910. The van der Waals surface area contributed by atoms with Crippen molar-refractivity contribution in [3.63, 3.8) is 0 Å². The minimum absolute atomic E-state index is 0.204. The SMILES string of the molecule is O=S1(=O)CCCCC1C(O)Cc1ccc(Cl)cc1. The Morgan fingerprint density at radius 3 is 2.56 bits per heavy atom. The minimum atomic E-state index is -3.13. The molecule has 1 aliphatic rings. The third kappa shape index (κ3) is 3.25. The fourth-order valence-corrected chi connectivity index (χ4v) is 4.54. The first-order valence-electron chi connectivity index (χ1n) is 6.13. The van der Waals surface area contributed by atoms with E-state index in [-0.39, 0.29) is 5.75 Å². The lowest BCUT2D eigenvalue weighted by Crippen LogP contribution is -2.39. The van der Waals surface area contributed by atoms with Gasteiger partial charge in [0.1, 0.15) is 0 Å². The van der Waals surface area contributed by atoms with Crippen LogP contribution in [0.4, 0.5) is 0 Å². The number of halogens is 1. The van der Waals surface area contributed by atoms with Crippen molar-refractivity contribution in [2.75, 3.05) is 5.75 Å². The molecule has 1 heterocycles. The molecule has 1 aliphatic heterocycles. The van der Waals surface area contributed by atoms with Crippen molar-refractivity contribution >= 4 is 21.4 Å². The first-order valence-corrected chi connectivity index (χ1v) is 8.22. The maximum atomic E-state index is 11.9. The van der Waals surface area contributed by atoms with Gasteiger partial charge >= 0.3 is 0 Å². The Kier molecular flexibility index (Phi) is 4.30. The average Bonchev–Trinajstić information content (AvgIpc) is 2.31. The lowest BCUT2D eigenvalue weighted by atomic mass is 10.0. The number of sulfone groups is 1. The minimum Gasteiger partial charge on any atom is -0.391 e. The molecule has 1 aromatic carbocycles. The van der Waals surface area contributed by atoms with Crippen molar-refractivity contribution < 1.29 is 13.5 Å². The Bertz CT molecular complexity index is 495. The zero-order valence-corrected chi connectivity index (χ0v) is 11.6. The molecule has 2 atom stereocenters. The highest BCUT2D eigenvalue weighted by atomic mass is 35.5. The van der Waals surface area contributed by atoms with Gasteiger partial charge in [-0.05, 0) is 37.0 Å². The average molecular weight is 289 g/mol. The molecular formula is C13H17ClO3S. The molecule has 0 spiro atoms. The van der Waals surface area contributed by atoms with Crippen molar-refractivity contribution in [1.29, 1.82) is 0 Å². The zero-order chi connectivity index (χ0) is 13.2. The molecule has 2 unspecified atom stereocenters. The Morgan fingerprint density at radius 1 is 1.28 bits per heavy atom. The van der Waals surface area contributed by atoms with Gasteiger partial charge in [-0.1, -0.05) is 30.2 Å². The van der Waals surface area contributed by atoms with E-state index in [1.165, 1.54) is 0 Å². The Balaban J connectivity index is 2.07. The number of rotatable bonds is 3. The summed E-state index contributed by atoms with van der Waals surface area (Å²) in [5, 5.41) is 10.1. The summed E-state index contributed by atoms with van der Waals surface area (Å²) in [7, 11) is -3.13. The molecule has 0 amide bonds. The molecule has 0 aliphatic carbocycles. The van der Waals surface area contributed by atoms with Crippen molar-refractivity contribution in [2.45, 2.75) is 37.0 Å². The molecule has 3 nitrogen and oxygen atoms in total. The van der Waals surface area contributed by atoms with E-state index in [4.69, 9.17) is 11.6 Å². The second-order valence-corrected chi connectivity index (χ2v) is 7.58. The molecule has 1 saturated heterocycles. The molecule has 100 valence electrons. The fraction of sp³-hybridized carbons (Fsp3) is 0.538. The van der Waals surface area contributed by atoms with Crippen LogP contribution < -0.4 is 0 Å². The van der Waals surface area contributed by atoms with Crippen LogP contribution in [-0.4, -0.2) is 30.6 Å². The molecular weight excluding hydrogens is 272 g/mol. The summed E-state index contributed by atoms with van der Waals surface area (Å²) in [6, 6.07) is 7.14. The van der Waals surface area contributed by atoms with Gasteiger partial charge in [0, 0.05) is 5.02 Å². The third-order valence-electron chi connectivity index (χ3n) is 3.42. The van der Waals surface area contributed by atoms with Gasteiger partial charge in [-0.25, -0.2) is 8.42 Å². The maximum Gasteiger partial charge on any atom is 0.155 e. The number of hydrogen-bond acceptors (Lipinski definition) is 3. The van der Waals surface area contributed by atoms with E-state index < -0.39 is 21.2 Å². The van der Waals surface area contributed by atoms with Gasteiger partial charge in [0.15, 0.2) is 9.84 Å². The lowest BCUT2D eigenvalue weighted by Gasteiger charge is -2.26. The molecule has 5 heteroatoms. The quantitative estimate of drug-likeness (QED) is 0.928. The molecule has 1 fully saturated rings. The lowest BCUT2D eigenvalue weighted by molar-refractivity contribution is 0.162. The highest BCUT2D eigenvalue weighted by Gasteiger charge is 2.34. The van der Waals surface area contributed by atoms with Crippen LogP contribution in [0, 0.1) is 0 Å². The van der Waals surface area contributed by atoms with Gasteiger partial charge in [0.05, 0.1) is 17.1 Å². The molecule has 0 radical (unpaired) electrons. The molecule has 1 aromatic rings. The molecule has 18 heavy (non-hydrogen) atoms. The first-order chi connectivity index (χ1) is 8.49. The Morgan fingerprint density at radius 2 is 1.94 bits per heavy atom. The van der Waals surface area contributed by atoms with Crippen LogP contribution in [0.25, 0.3) is 0 Å². The van der Waals surface area contributed by atoms with Crippen LogP contribution in [0.15, 0.2) is 24.3 Å². The van der Waals surface area contributed by atoms with Crippen molar-refractivity contribution in [3.8, 4) is 0 Å². The van der Waals surface area contributed by atoms with Gasteiger partial charge < -0.3 is 5.11 Å². The van der Waals surface area contributed by atoms with Crippen molar-refractivity contribution in [3.05, 3.63) is 34.9 Å². The highest BCUT2D eigenvalue weighted by molar-refractivity contribution is 7.92. The summed E-state index contributed by atoms with van der Waals surface area (Å²) in [4.78, 5) is 0. The van der Waals surface area contributed by atoms with Crippen LogP contribution in [0.5, 0.6) is 0 Å². The Hall–Kier alpha value is -0.580. The van der Waals surface area contributed by atoms with Crippen LogP contribution in [0.1, 0.15) is 24.8 Å². The van der Waals surface area contributed by atoms with E-state index in [2.05, 4.69) is 0 Å². The molecule has 0 bridgehead atoms. The van der Waals surface area contributed by atoms with Crippen LogP contribution in [-0.2, 0) is 16.3 Å². The summed E-state index contributed by atoms with van der Waals surface area (Å²) in [5.74, 6) is 0.204. The number of aliphatic hydroxyl groups excluding tert-OH is 1. The topological polar surface area (TPSA) is 54.4 Å². The predicted molar refractivity (Wildman–Crippen MR) is 72.6 cm³/mol. The van der Waals surface area contributed by atoms with E-state index in [0.29, 0.717) is 24.3 Å². The molecule has 1 N–H and O–H groups in total. The van der Waals surface area contributed by atoms with Crippen LogP contribution >= 0.6 is 11.6 Å². The summed E-state index contributed by atoms with van der Waals surface area (Å²) < 4.78 is 23.8. The summed E-state index contributed by atoms with van der Waals surface area (Å²) in [6.07, 6.45) is 1.70. The van der Waals surface area contributed by atoms with Gasteiger partial charge in [0.25, 0.3) is 0 Å². The van der Waals surface area contributed by atoms with Crippen molar-refractivity contribution in [1.82, 2.24) is 0 Å². The van der Waals surface area contributed by atoms with E-state index in [1.807, 2.05) is 12.1 Å². The van der Waals surface area contributed by atoms with E-state index in [1.54, 1.807) is 12.1 Å². The largest absolute Gasteiger partial charge is 0.391 e.